The van der Waals surface area contributed by atoms with Crippen molar-refractivity contribution in [2.24, 2.45) is 0 Å². The van der Waals surface area contributed by atoms with Gasteiger partial charge in [0.25, 0.3) is 0 Å². The van der Waals surface area contributed by atoms with Gasteiger partial charge in [-0.3, -0.25) is 10.1 Å². The number of fused-ring (bicyclic) bond motifs is 1. The Labute approximate surface area is 117 Å². The van der Waals surface area contributed by atoms with Gasteiger partial charge in [-0.2, -0.15) is 5.10 Å². The third-order valence-electron chi connectivity index (χ3n) is 4.13. The van der Waals surface area contributed by atoms with E-state index in [0.29, 0.717) is 5.92 Å². The van der Waals surface area contributed by atoms with Crippen LogP contribution in [0.4, 0.5) is 0 Å². The molecule has 4 nitrogen and oxygen atoms in total. The Morgan fingerprint density at radius 2 is 1.95 bits per heavy atom. The molecule has 0 atom stereocenters. The maximum atomic E-state index is 4.72. The van der Waals surface area contributed by atoms with E-state index in [1.807, 2.05) is 24.4 Å². The quantitative estimate of drug-likeness (QED) is 0.768. The molecule has 0 saturated heterocycles. The molecule has 0 spiro atoms. The minimum Gasteiger partial charge on any atom is -0.262 e. The number of aromatic nitrogens is 4. The van der Waals surface area contributed by atoms with Gasteiger partial charge in [0.1, 0.15) is 5.82 Å². The van der Waals surface area contributed by atoms with E-state index in [0.717, 1.165) is 28.1 Å². The number of H-pyrrole nitrogens is 1. The van der Waals surface area contributed by atoms with Crippen molar-refractivity contribution in [3.05, 3.63) is 42.4 Å². The summed E-state index contributed by atoms with van der Waals surface area (Å²) in [7, 11) is 0. The molecular weight excluding hydrogens is 248 g/mol. The van der Waals surface area contributed by atoms with Crippen LogP contribution in [0.25, 0.3) is 22.3 Å². The van der Waals surface area contributed by atoms with Gasteiger partial charge in [-0.15, -0.1) is 0 Å². The van der Waals surface area contributed by atoms with Crippen molar-refractivity contribution in [1.29, 1.82) is 0 Å². The first-order valence-corrected chi connectivity index (χ1v) is 7.18. The van der Waals surface area contributed by atoms with Gasteiger partial charge in [0.15, 0.2) is 5.82 Å². The Hall–Kier alpha value is -2.23. The third-order valence-corrected chi connectivity index (χ3v) is 4.13. The summed E-state index contributed by atoms with van der Waals surface area (Å²) in [5, 5.41) is 8.65. The van der Waals surface area contributed by atoms with Crippen molar-refractivity contribution in [2.45, 2.75) is 31.6 Å². The van der Waals surface area contributed by atoms with E-state index in [1.165, 1.54) is 25.7 Å². The average molecular weight is 264 g/mol. The minimum atomic E-state index is 0.560. The van der Waals surface area contributed by atoms with E-state index >= 15 is 0 Å². The molecule has 1 aliphatic carbocycles. The molecule has 100 valence electrons. The van der Waals surface area contributed by atoms with Gasteiger partial charge in [-0.1, -0.05) is 31.0 Å². The number of hydrogen-bond acceptors (Lipinski definition) is 3. The van der Waals surface area contributed by atoms with Crippen molar-refractivity contribution in [3.63, 3.8) is 0 Å². The predicted molar refractivity (Wildman–Crippen MR) is 78.3 cm³/mol. The molecule has 0 bridgehead atoms. The predicted octanol–water partition coefficient (Wildman–Crippen LogP) is 3.68. The second-order valence-corrected chi connectivity index (χ2v) is 5.40. The molecule has 0 amide bonds. The molecule has 2 heterocycles. The van der Waals surface area contributed by atoms with Crippen molar-refractivity contribution < 1.29 is 0 Å². The van der Waals surface area contributed by atoms with Crippen LogP contribution < -0.4 is 0 Å². The summed E-state index contributed by atoms with van der Waals surface area (Å²) in [6, 6.07) is 10.1. The van der Waals surface area contributed by atoms with Crippen LogP contribution in [0, 0.1) is 0 Å². The number of aromatic amines is 1. The number of nitrogens with zero attached hydrogens (tertiary/aromatic N) is 3. The van der Waals surface area contributed by atoms with Gasteiger partial charge >= 0.3 is 0 Å². The Kier molecular flexibility index (Phi) is 2.73. The fourth-order valence-electron chi connectivity index (χ4n) is 3.07. The zero-order valence-corrected chi connectivity index (χ0v) is 11.2. The van der Waals surface area contributed by atoms with E-state index < -0.39 is 0 Å². The Balaban J connectivity index is 1.79. The van der Waals surface area contributed by atoms with Gasteiger partial charge in [-0.05, 0) is 25.0 Å². The molecule has 1 N–H and O–H groups in total. The van der Waals surface area contributed by atoms with Gasteiger partial charge in [0.05, 0.1) is 5.52 Å². The Morgan fingerprint density at radius 3 is 2.85 bits per heavy atom. The molecule has 4 heteroatoms. The molecule has 2 aromatic heterocycles. The highest BCUT2D eigenvalue weighted by Crippen LogP contribution is 2.33. The molecule has 20 heavy (non-hydrogen) atoms. The van der Waals surface area contributed by atoms with E-state index in [-0.39, 0.29) is 0 Å². The number of nitrogens with one attached hydrogen (secondary N) is 1. The minimum absolute atomic E-state index is 0.560. The van der Waals surface area contributed by atoms with E-state index in [1.54, 1.807) is 0 Å². The first-order chi connectivity index (χ1) is 9.92. The van der Waals surface area contributed by atoms with Crippen LogP contribution in [-0.4, -0.2) is 20.2 Å². The maximum Gasteiger partial charge on any atom is 0.181 e. The molecule has 0 unspecified atom stereocenters. The zero-order valence-electron chi connectivity index (χ0n) is 11.2. The fraction of sp³-hybridized carbons (Fsp3) is 0.312. The summed E-state index contributed by atoms with van der Waals surface area (Å²) in [4.78, 5) is 9.10. The fourth-order valence-corrected chi connectivity index (χ4v) is 3.07. The van der Waals surface area contributed by atoms with Crippen molar-refractivity contribution in [2.75, 3.05) is 0 Å². The summed E-state index contributed by atoms with van der Waals surface area (Å²) < 4.78 is 0. The Bertz CT molecular complexity index is 736. The second-order valence-electron chi connectivity index (χ2n) is 5.40. The van der Waals surface area contributed by atoms with Crippen LogP contribution in [0.3, 0.4) is 0 Å². The molecule has 1 aromatic carbocycles. The lowest BCUT2D eigenvalue weighted by Crippen LogP contribution is -1.94. The SMILES string of the molecule is c1cc(-c2n[nH]c(C3CCCC3)n2)c2cccnc2c1. The summed E-state index contributed by atoms with van der Waals surface area (Å²) in [5.74, 6) is 2.38. The highest BCUT2D eigenvalue weighted by atomic mass is 15.2. The lowest BCUT2D eigenvalue weighted by molar-refractivity contribution is 0.672. The van der Waals surface area contributed by atoms with Crippen molar-refractivity contribution >= 4 is 10.9 Å². The molecule has 1 fully saturated rings. The summed E-state index contributed by atoms with van der Waals surface area (Å²) in [5.41, 5.74) is 2.04. The van der Waals surface area contributed by atoms with Crippen LogP contribution in [0.1, 0.15) is 37.4 Å². The Morgan fingerprint density at radius 1 is 1.05 bits per heavy atom. The van der Waals surface area contributed by atoms with Crippen LogP contribution >= 0.6 is 0 Å². The lowest BCUT2D eigenvalue weighted by atomic mass is 10.1. The summed E-state index contributed by atoms with van der Waals surface area (Å²) in [6.07, 6.45) is 6.88. The van der Waals surface area contributed by atoms with E-state index in [2.05, 4.69) is 27.3 Å². The number of hydrogen-bond donors (Lipinski definition) is 1. The highest BCUT2D eigenvalue weighted by Gasteiger charge is 2.21. The first kappa shape index (κ1) is 11.6. The molecule has 1 aliphatic rings. The monoisotopic (exact) mass is 264 g/mol. The topological polar surface area (TPSA) is 54.5 Å². The second kappa shape index (κ2) is 4.71. The van der Waals surface area contributed by atoms with Crippen molar-refractivity contribution in [3.8, 4) is 11.4 Å². The molecule has 4 rings (SSSR count). The smallest absolute Gasteiger partial charge is 0.181 e. The molecule has 0 radical (unpaired) electrons. The van der Waals surface area contributed by atoms with Crippen LogP contribution in [0.2, 0.25) is 0 Å². The summed E-state index contributed by atoms with van der Waals surface area (Å²) in [6.45, 7) is 0. The average Bonchev–Trinajstić information content (AvgIpc) is 3.17. The van der Waals surface area contributed by atoms with Gasteiger partial charge in [0.2, 0.25) is 0 Å². The van der Waals surface area contributed by atoms with Crippen LogP contribution in [0.15, 0.2) is 36.5 Å². The first-order valence-electron chi connectivity index (χ1n) is 7.18. The number of pyridine rings is 1. The maximum absolute atomic E-state index is 4.72. The van der Waals surface area contributed by atoms with Crippen LogP contribution in [0.5, 0.6) is 0 Å². The van der Waals surface area contributed by atoms with Crippen LogP contribution in [-0.2, 0) is 0 Å². The molecular formula is C16H16N4. The highest BCUT2D eigenvalue weighted by molar-refractivity contribution is 5.92. The normalized spacial score (nSPS) is 16.0. The standard InChI is InChI=1S/C16H16N4/c1-2-6-11(5-1)15-18-16(20-19-15)13-7-3-9-14-12(13)8-4-10-17-14/h3-4,7-11H,1-2,5-6H2,(H,18,19,20). The number of rotatable bonds is 2. The summed E-state index contributed by atoms with van der Waals surface area (Å²) >= 11 is 0. The largest absolute Gasteiger partial charge is 0.262 e. The van der Waals surface area contributed by atoms with E-state index in [4.69, 9.17) is 4.98 Å². The lowest BCUT2D eigenvalue weighted by Gasteiger charge is -2.03. The molecule has 3 aromatic rings. The van der Waals surface area contributed by atoms with E-state index in [9.17, 15) is 0 Å². The van der Waals surface area contributed by atoms with Gasteiger partial charge in [-0.25, -0.2) is 4.98 Å². The molecule has 1 saturated carbocycles. The van der Waals surface area contributed by atoms with Gasteiger partial charge in [0, 0.05) is 23.1 Å². The van der Waals surface area contributed by atoms with Crippen molar-refractivity contribution in [1.82, 2.24) is 20.2 Å². The zero-order chi connectivity index (χ0) is 13.4. The molecule has 0 aliphatic heterocycles. The third kappa shape index (κ3) is 1.88. The van der Waals surface area contributed by atoms with Gasteiger partial charge < -0.3 is 0 Å². The number of benzene rings is 1.